The molecular formula is C18H22N4O4S. The van der Waals surface area contributed by atoms with Gasteiger partial charge in [0.1, 0.15) is 10.8 Å². The number of ether oxygens (including phenoxy) is 1. The van der Waals surface area contributed by atoms with E-state index in [-0.39, 0.29) is 30.5 Å². The van der Waals surface area contributed by atoms with Crippen molar-refractivity contribution in [3.8, 4) is 5.75 Å². The molecule has 3 amide bonds. The van der Waals surface area contributed by atoms with Crippen LogP contribution in [0.2, 0.25) is 0 Å². The Morgan fingerprint density at radius 3 is 2.48 bits per heavy atom. The number of hydrogen-bond donors (Lipinski definition) is 3. The summed E-state index contributed by atoms with van der Waals surface area (Å²) < 4.78 is 5.12. The molecule has 0 unspecified atom stereocenters. The van der Waals surface area contributed by atoms with Gasteiger partial charge in [0.15, 0.2) is 0 Å². The van der Waals surface area contributed by atoms with Gasteiger partial charge >= 0.3 is 0 Å². The molecule has 144 valence electrons. The first-order chi connectivity index (χ1) is 12.9. The third kappa shape index (κ3) is 6.08. The van der Waals surface area contributed by atoms with Gasteiger partial charge in [-0.1, -0.05) is 13.0 Å². The summed E-state index contributed by atoms with van der Waals surface area (Å²) in [6.45, 7) is 2.42. The Kier molecular flexibility index (Phi) is 7.33. The van der Waals surface area contributed by atoms with Gasteiger partial charge in [0.25, 0.3) is 5.91 Å². The zero-order valence-corrected chi connectivity index (χ0v) is 16.0. The number of nitrogens with one attached hydrogen (secondary N) is 2. The van der Waals surface area contributed by atoms with Gasteiger partial charge in [-0.15, -0.1) is 11.3 Å². The van der Waals surface area contributed by atoms with Crippen molar-refractivity contribution >= 4 is 39.7 Å². The molecule has 8 nitrogen and oxygen atoms in total. The van der Waals surface area contributed by atoms with E-state index in [9.17, 15) is 14.4 Å². The van der Waals surface area contributed by atoms with Crippen molar-refractivity contribution in [2.24, 2.45) is 5.73 Å². The van der Waals surface area contributed by atoms with Crippen molar-refractivity contribution in [3.05, 3.63) is 41.3 Å². The summed E-state index contributed by atoms with van der Waals surface area (Å²) in [5, 5.41) is 7.52. The molecule has 9 heteroatoms. The van der Waals surface area contributed by atoms with Crippen LogP contribution in [0.1, 0.15) is 17.3 Å². The first-order valence-corrected chi connectivity index (χ1v) is 9.14. The molecule has 0 spiro atoms. The molecule has 0 radical (unpaired) electrons. The highest BCUT2D eigenvalue weighted by molar-refractivity contribution is 7.14. The average molecular weight is 390 g/mol. The molecule has 0 fully saturated rings. The molecular weight excluding hydrogens is 368 g/mol. The van der Waals surface area contributed by atoms with Crippen molar-refractivity contribution in [3.63, 3.8) is 0 Å². The molecule has 1 aromatic heterocycles. The third-order valence-corrected chi connectivity index (χ3v) is 4.55. The quantitative estimate of drug-likeness (QED) is 0.604. The molecule has 1 aromatic carbocycles. The van der Waals surface area contributed by atoms with Crippen LogP contribution in [0.4, 0.5) is 10.7 Å². The summed E-state index contributed by atoms with van der Waals surface area (Å²) in [6, 6.07) is 8.58. The number of anilines is 2. The van der Waals surface area contributed by atoms with Crippen LogP contribution >= 0.6 is 11.3 Å². The van der Waals surface area contributed by atoms with Gasteiger partial charge in [0, 0.05) is 11.8 Å². The number of methoxy groups -OCH3 is 1. The van der Waals surface area contributed by atoms with Crippen molar-refractivity contribution in [1.82, 2.24) is 4.90 Å². The molecule has 0 aliphatic heterocycles. The fourth-order valence-corrected chi connectivity index (χ4v) is 3.16. The fourth-order valence-electron chi connectivity index (χ4n) is 2.35. The number of hydrogen-bond acceptors (Lipinski definition) is 6. The molecule has 1 heterocycles. The van der Waals surface area contributed by atoms with E-state index >= 15 is 0 Å². The van der Waals surface area contributed by atoms with Crippen LogP contribution in [0.15, 0.2) is 35.7 Å². The SMILES string of the molecule is CCN(CC(=O)Nc1cccc(OC)c1)CC(=O)Nc1sccc1C(N)=O. The Labute approximate surface area is 161 Å². The van der Waals surface area contributed by atoms with Gasteiger partial charge in [-0.25, -0.2) is 0 Å². The number of thiophene rings is 1. The lowest BCUT2D eigenvalue weighted by atomic mass is 10.3. The maximum absolute atomic E-state index is 12.2. The van der Waals surface area contributed by atoms with E-state index in [1.807, 2.05) is 6.92 Å². The predicted octanol–water partition coefficient (Wildman–Crippen LogP) is 1.75. The number of amides is 3. The number of benzene rings is 1. The molecule has 0 atom stereocenters. The van der Waals surface area contributed by atoms with E-state index in [0.717, 1.165) is 0 Å². The van der Waals surface area contributed by atoms with Gasteiger partial charge < -0.3 is 21.1 Å². The van der Waals surface area contributed by atoms with E-state index in [4.69, 9.17) is 10.5 Å². The normalized spacial score (nSPS) is 10.5. The van der Waals surface area contributed by atoms with Gasteiger partial charge in [-0.2, -0.15) is 0 Å². The second kappa shape index (κ2) is 9.70. The largest absolute Gasteiger partial charge is 0.497 e. The number of nitrogens with two attached hydrogens (primary N) is 1. The van der Waals surface area contributed by atoms with E-state index < -0.39 is 5.91 Å². The zero-order valence-electron chi connectivity index (χ0n) is 15.2. The van der Waals surface area contributed by atoms with Crippen molar-refractivity contribution < 1.29 is 19.1 Å². The lowest BCUT2D eigenvalue weighted by Gasteiger charge is -2.19. The molecule has 0 saturated heterocycles. The van der Waals surface area contributed by atoms with Crippen LogP contribution in [0, 0.1) is 0 Å². The van der Waals surface area contributed by atoms with E-state index in [2.05, 4.69) is 10.6 Å². The third-order valence-electron chi connectivity index (χ3n) is 3.72. The van der Waals surface area contributed by atoms with Crippen LogP contribution in [-0.2, 0) is 9.59 Å². The lowest BCUT2D eigenvalue weighted by Crippen LogP contribution is -2.38. The summed E-state index contributed by atoms with van der Waals surface area (Å²) in [7, 11) is 1.55. The fraction of sp³-hybridized carbons (Fsp3) is 0.278. The summed E-state index contributed by atoms with van der Waals surface area (Å²) in [5.74, 6) is -0.528. The number of carbonyl (C=O) groups is 3. The number of primary amides is 1. The van der Waals surface area contributed by atoms with Gasteiger partial charge in [-0.05, 0) is 30.1 Å². The standard InChI is InChI=1S/C18H22N4O4S/c1-3-22(10-15(23)20-12-5-4-6-13(9-12)26-2)11-16(24)21-18-14(17(19)25)7-8-27-18/h4-9H,3,10-11H2,1-2H3,(H2,19,25)(H,20,23)(H,21,24). The highest BCUT2D eigenvalue weighted by Crippen LogP contribution is 2.22. The minimum Gasteiger partial charge on any atom is -0.497 e. The van der Waals surface area contributed by atoms with E-state index in [1.54, 1.807) is 47.7 Å². The van der Waals surface area contributed by atoms with E-state index in [1.165, 1.54) is 11.3 Å². The summed E-state index contributed by atoms with van der Waals surface area (Å²) in [6.07, 6.45) is 0. The maximum atomic E-state index is 12.2. The minimum absolute atomic E-state index is 0.0120. The molecule has 0 aliphatic rings. The summed E-state index contributed by atoms with van der Waals surface area (Å²) in [5.41, 5.74) is 6.15. The average Bonchev–Trinajstić information content (AvgIpc) is 3.09. The monoisotopic (exact) mass is 390 g/mol. The molecule has 27 heavy (non-hydrogen) atoms. The molecule has 0 aliphatic carbocycles. The molecule has 4 N–H and O–H groups in total. The van der Waals surface area contributed by atoms with Crippen LogP contribution in [0.3, 0.4) is 0 Å². The van der Waals surface area contributed by atoms with Crippen LogP contribution < -0.4 is 21.1 Å². The predicted molar refractivity (Wildman–Crippen MR) is 105 cm³/mol. The van der Waals surface area contributed by atoms with Gasteiger partial charge in [0.2, 0.25) is 11.8 Å². The Bertz CT molecular complexity index is 821. The Hall–Kier alpha value is -2.91. The number of nitrogens with zero attached hydrogens (tertiary/aromatic N) is 1. The second-order valence-corrected chi connectivity index (χ2v) is 6.58. The van der Waals surface area contributed by atoms with Gasteiger partial charge in [-0.3, -0.25) is 19.3 Å². The van der Waals surface area contributed by atoms with E-state index in [0.29, 0.717) is 23.0 Å². The van der Waals surface area contributed by atoms with Gasteiger partial charge in [0.05, 0.1) is 25.8 Å². The van der Waals surface area contributed by atoms with Crippen molar-refractivity contribution in [1.29, 1.82) is 0 Å². The van der Waals surface area contributed by atoms with Crippen LogP contribution in [0.5, 0.6) is 5.75 Å². The topological polar surface area (TPSA) is 114 Å². The smallest absolute Gasteiger partial charge is 0.251 e. The molecule has 0 saturated carbocycles. The summed E-state index contributed by atoms with van der Waals surface area (Å²) >= 11 is 1.22. The van der Waals surface area contributed by atoms with Crippen LogP contribution in [-0.4, -0.2) is 49.4 Å². The maximum Gasteiger partial charge on any atom is 0.251 e. The molecule has 2 aromatic rings. The number of carbonyl (C=O) groups excluding carboxylic acids is 3. The molecule has 2 rings (SSSR count). The first kappa shape index (κ1) is 20.4. The second-order valence-electron chi connectivity index (χ2n) is 5.66. The van der Waals surface area contributed by atoms with Crippen molar-refractivity contribution in [2.45, 2.75) is 6.92 Å². The van der Waals surface area contributed by atoms with Crippen LogP contribution in [0.25, 0.3) is 0 Å². The molecule has 0 bridgehead atoms. The lowest BCUT2D eigenvalue weighted by molar-refractivity contribution is -0.119. The Morgan fingerprint density at radius 1 is 1.15 bits per heavy atom. The summed E-state index contributed by atoms with van der Waals surface area (Å²) in [4.78, 5) is 37.5. The van der Waals surface area contributed by atoms with Crippen molar-refractivity contribution in [2.75, 3.05) is 37.4 Å². The highest BCUT2D eigenvalue weighted by Gasteiger charge is 2.16. The Morgan fingerprint density at radius 2 is 1.85 bits per heavy atom. The highest BCUT2D eigenvalue weighted by atomic mass is 32.1. The Balaban J connectivity index is 1.90. The minimum atomic E-state index is -0.600. The first-order valence-electron chi connectivity index (χ1n) is 8.26. The number of likely N-dealkylation sites (N-methyl/N-ethyl adjacent to an activating group) is 1. The number of rotatable bonds is 9. The zero-order chi connectivity index (χ0) is 19.8.